The molecule has 0 atom stereocenters. The Labute approximate surface area is 142 Å². The Morgan fingerprint density at radius 3 is 2.33 bits per heavy atom. The molecule has 5 heteroatoms. The molecule has 1 N–H and O–H groups in total. The van der Waals surface area contributed by atoms with Crippen LogP contribution >= 0.6 is 0 Å². The van der Waals surface area contributed by atoms with E-state index in [1.54, 1.807) is 0 Å². The minimum atomic E-state index is -0.0521. The van der Waals surface area contributed by atoms with Gasteiger partial charge >= 0.3 is 6.03 Å². The molecule has 0 radical (unpaired) electrons. The number of nitrogens with zero attached hydrogens (tertiary/aromatic N) is 3. The molecule has 0 bridgehead atoms. The SMILES string of the molecule is Cc1ccccc1NC(=O)N1CCN(c2ccc(C#N)cc2)CC1. The van der Waals surface area contributed by atoms with Gasteiger partial charge in [-0.05, 0) is 42.8 Å². The minimum absolute atomic E-state index is 0.0521. The van der Waals surface area contributed by atoms with Gasteiger partial charge in [-0.1, -0.05) is 18.2 Å². The van der Waals surface area contributed by atoms with Crippen LogP contribution in [0.3, 0.4) is 0 Å². The normalized spacial score (nSPS) is 14.2. The number of benzene rings is 2. The molecular weight excluding hydrogens is 300 g/mol. The number of hydrogen-bond acceptors (Lipinski definition) is 3. The summed E-state index contributed by atoms with van der Waals surface area (Å²) >= 11 is 0. The smallest absolute Gasteiger partial charge is 0.321 e. The average molecular weight is 320 g/mol. The molecule has 1 heterocycles. The van der Waals surface area contributed by atoms with Crippen molar-refractivity contribution in [2.24, 2.45) is 0 Å². The van der Waals surface area contributed by atoms with E-state index in [2.05, 4.69) is 16.3 Å². The van der Waals surface area contributed by atoms with Gasteiger partial charge in [0.25, 0.3) is 0 Å². The van der Waals surface area contributed by atoms with Crippen molar-refractivity contribution in [1.82, 2.24) is 4.90 Å². The van der Waals surface area contributed by atoms with Gasteiger partial charge in [0, 0.05) is 37.6 Å². The number of urea groups is 1. The van der Waals surface area contributed by atoms with Crippen LogP contribution in [-0.2, 0) is 0 Å². The summed E-state index contributed by atoms with van der Waals surface area (Å²) in [7, 11) is 0. The van der Waals surface area contributed by atoms with Gasteiger partial charge in [-0.15, -0.1) is 0 Å². The summed E-state index contributed by atoms with van der Waals surface area (Å²) in [5, 5.41) is 11.8. The highest BCUT2D eigenvalue weighted by atomic mass is 16.2. The van der Waals surface area contributed by atoms with Crippen LogP contribution in [0.25, 0.3) is 0 Å². The number of nitriles is 1. The second-order valence-electron chi connectivity index (χ2n) is 5.88. The van der Waals surface area contributed by atoms with Gasteiger partial charge in [-0.3, -0.25) is 0 Å². The Bertz CT molecular complexity index is 756. The summed E-state index contributed by atoms with van der Waals surface area (Å²) in [6, 6.07) is 17.4. The van der Waals surface area contributed by atoms with Crippen LogP contribution in [0.4, 0.5) is 16.2 Å². The molecule has 3 rings (SSSR count). The van der Waals surface area contributed by atoms with Crippen molar-refractivity contribution in [3.05, 3.63) is 59.7 Å². The third kappa shape index (κ3) is 3.49. The molecule has 0 aliphatic carbocycles. The first-order valence-electron chi connectivity index (χ1n) is 8.04. The van der Waals surface area contributed by atoms with Crippen molar-refractivity contribution in [2.45, 2.75) is 6.92 Å². The topological polar surface area (TPSA) is 59.4 Å². The summed E-state index contributed by atoms with van der Waals surface area (Å²) in [6.45, 7) is 4.91. The maximum atomic E-state index is 12.4. The number of carbonyl (C=O) groups excluding carboxylic acids is 1. The highest BCUT2D eigenvalue weighted by molar-refractivity contribution is 5.90. The van der Waals surface area contributed by atoms with Crippen molar-refractivity contribution >= 4 is 17.4 Å². The van der Waals surface area contributed by atoms with Crippen LogP contribution in [0.1, 0.15) is 11.1 Å². The monoisotopic (exact) mass is 320 g/mol. The molecule has 0 spiro atoms. The van der Waals surface area contributed by atoms with E-state index in [0.717, 1.165) is 30.0 Å². The lowest BCUT2D eigenvalue weighted by atomic mass is 10.2. The molecule has 0 saturated carbocycles. The Morgan fingerprint density at radius 1 is 1.04 bits per heavy atom. The molecule has 2 aromatic rings. The molecule has 1 aliphatic heterocycles. The first-order valence-corrected chi connectivity index (χ1v) is 8.04. The zero-order chi connectivity index (χ0) is 16.9. The van der Waals surface area contributed by atoms with Gasteiger partial charge in [-0.25, -0.2) is 4.79 Å². The van der Waals surface area contributed by atoms with E-state index in [1.165, 1.54) is 0 Å². The summed E-state index contributed by atoms with van der Waals surface area (Å²) < 4.78 is 0. The summed E-state index contributed by atoms with van der Waals surface area (Å²) in [5.74, 6) is 0. The van der Waals surface area contributed by atoms with Gasteiger partial charge in [0.2, 0.25) is 0 Å². The van der Waals surface area contributed by atoms with E-state index < -0.39 is 0 Å². The van der Waals surface area contributed by atoms with Gasteiger partial charge < -0.3 is 15.1 Å². The van der Waals surface area contributed by atoms with Crippen molar-refractivity contribution in [3.63, 3.8) is 0 Å². The van der Waals surface area contributed by atoms with Crippen LogP contribution in [0.2, 0.25) is 0 Å². The highest BCUT2D eigenvalue weighted by Gasteiger charge is 2.21. The fourth-order valence-electron chi connectivity index (χ4n) is 2.82. The number of carbonyl (C=O) groups is 1. The maximum Gasteiger partial charge on any atom is 0.321 e. The van der Waals surface area contributed by atoms with Crippen LogP contribution < -0.4 is 10.2 Å². The molecule has 1 saturated heterocycles. The van der Waals surface area contributed by atoms with Crippen molar-refractivity contribution in [2.75, 3.05) is 36.4 Å². The highest BCUT2D eigenvalue weighted by Crippen LogP contribution is 2.18. The van der Waals surface area contributed by atoms with E-state index in [-0.39, 0.29) is 6.03 Å². The summed E-state index contributed by atoms with van der Waals surface area (Å²) in [6.07, 6.45) is 0. The fraction of sp³-hybridized carbons (Fsp3) is 0.263. The number of aryl methyl sites for hydroxylation is 1. The number of nitrogens with one attached hydrogen (secondary N) is 1. The average Bonchev–Trinajstić information content (AvgIpc) is 2.64. The Balaban J connectivity index is 1.57. The lowest BCUT2D eigenvalue weighted by Gasteiger charge is -2.36. The molecule has 2 amide bonds. The Kier molecular flexibility index (Phi) is 4.66. The number of rotatable bonds is 2. The largest absolute Gasteiger partial charge is 0.368 e. The van der Waals surface area contributed by atoms with E-state index in [9.17, 15) is 4.79 Å². The van der Waals surface area contributed by atoms with Gasteiger partial charge in [0.1, 0.15) is 0 Å². The minimum Gasteiger partial charge on any atom is -0.368 e. The number of piperazine rings is 1. The van der Waals surface area contributed by atoms with Gasteiger partial charge in [-0.2, -0.15) is 5.26 Å². The van der Waals surface area contributed by atoms with Crippen molar-refractivity contribution in [1.29, 1.82) is 5.26 Å². The molecule has 5 nitrogen and oxygen atoms in total. The zero-order valence-corrected chi connectivity index (χ0v) is 13.7. The van der Waals surface area contributed by atoms with E-state index in [1.807, 2.05) is 60.4 Å². The van der Waals surface area contributed by atoms with Crippen LogP contribution in [-0.4, -0.2) is 37.1 Å². The van der Waals surface area contributed by atoms with Crippen molar-refractivity contribution in [3.8, 4) is 6.07 Å². The Hall–Kier alpha value is -3.00. The predicted molar refractivity (Wildman–Crippen MR) is 95.1 cm³/mol. The molecule has 1 aliphatic rings. The molecule has 1 fully saturated rings. The first-order chi connectivity index (χ1) is 11.7. The maximum absolute atomic E-state index is 12.4. The van der Waals surface area contributed by atoms with Crippen LogP contribution in [0.15, 0.2) is 48.5 Å². The number of amides is 2. The number of anilines is 2. The molecule has 122 valence electrons. The van der Waals surface area contributed by atoms with Crippen LogP contribution in [0, 0.1) is 18.3 Å². The van der Waals surface area contributed by atoms with Gasteiger partial charge in [0.15, 0.2) is 0 Å². The second-order valence-corrected chi connectivity index (χ2v) is 5.88. The van der Waals surface area contributed by atoms with E-state index in [4.69, 9.17) is 5.26 Å². The van der Waals surface area contributed by atoms with Crippen molar-refractivity contribution < 1.29 is 4.79 Å². The quantitative estimate of drug-likeness (QED) is 0.924. The number of para-hydroxylation sites is 1. The first kappa shape index (κ1) is 15.9. The van der Waals surface area contributed by atoms with Crippen LogP contribution in [0.5, 0.6) is 0 Å². The summed E-state index contributed by atoms with van der Waals surface area (Å²) in [5.41, 5.74) is 3.67. The second kappa shape index (κ2) is 7.05. The number of hydrogen-bond donors (Lipinski definition) is 1. The Morgan fingerprint density at radius 2 is 1.71 bits per heavy atom. The third-order valence-electron chi connectivity index (χ3n) is 4.32. The zero-order valence-electron chi connectivity index (χ0n) is 13.7. The fourth-order valence-corrected chi connectivity index (χ4v) is 2.82. The standard InChI is InChI=1S/C19H20N4O/c1-15-4-2-3-5-18(15)21-19(24)23-12-10-22(11-13-23)17-8-6-16(14-20)7-9-17/h2-9H,10-13H2,1H3,(H,21,24). The molecule has 0 unspecified atom stereocenters. The van der Waals surface area contributed by atoms with E-state index >= 15 is 0 Å². The summed E-state index contributed by atoms with van der Waals surface area (Å²) in [4.78, 5) is 16.5. The third-order valence-corrected chi connectivity index (χ3v) is 4.32. The predicted octanol–water partition coefficient (Wildman–Crippen LogP) is 3.22. The van der Waals surface area contributed by atoms with Gasteiger partial charge in [0.05, 0.1) is 11.6 Å². The molecule has 2 aromatic carbocycles. The lowest BCUT2D eigenvalue weighted by molar-refractivity contribution is 0.208. The van der Waals surface area contributed by atoms with E-state index in [0.29, 0.717) is 18.7 Å². The molecular formula is C19H20N4O. The molecule has 24 heavy (non-hydrogen) atoms. The lowest BCUT2D eigenvalue weighted by Crippen LogP contribution is -2.50. The molecule has 0 aromatic heterocycles.